The molecule has 2 N–H and O–H groups in total. The lowest BCUT2D eigenvalue weighted by atomic mass is 10.1. The second-order valence-corrected chi connectivity index (χ2v) is 4.93. The van der Waals surface area contributed by atoms with Gasteiger partial charge >= 0.3 is 0 Å². The first kappa shape index (κ1) is 13.8. The number of benzene rings is 1. The molecular formula is C14H21NO4. The average molecular weight is 267 g/mol. The summed E-state index contributed by atoms with van der Waals surface area (Å²) in [5, 5.41) is 12.6. The Morgan fingerprint density at radius 2 is 1.68 bits per heavy atom. The topological polar surface area (TPSA) is 60.0 Å². The maximum atomic E-state index is 9.31. The Labute approximate surface area is 113 Å². The Morgan fingerprint density at radius 3 is 2.05 bits per heavy atom. The van der Waals surface area contributed by atoms with E-state index in [1.54, 1.807) is 21.3 Å². The van der Waals surface area contributed by atoms with Crippen molar-refractivity contribution in [3.63, 3.8) is 0 Å². The molecule has 0 unspecified atom stereocenters. The van der Waals surface area contributed by atoms with Gasteiger partial charge in [0.25, 0.3) is 0 Å². The molecule has 0 atom stereocenters. The molecule has 0 amide bonds. The predicted molar refractivity (Wildman–Crippen MR) is 73.3 cm³/mol. The zero-order chi connectivity index (χ0) is 13.9. The monoisotopic (exact) mass is 267 g/mol. The molecule has 0 bridgehead atoms. The normalized spacial score (nSPS) is 15.8. The summed E-state index contributed by atoms with van der Waals surface area (Å²) in [4.78, 5) is 0. The predicted octanol–water partition coefficient (Wildman–Crippen LogP) is 1.90. The molecular weight excluding hydrogens is 246 g/mol. The van der Waals surface area contributed by atoms with Gasteiger partial charge in [-0.3, -0.25) is 0 Å². The van der Waals surface area contributed by atoms with E-state index in [9.17, 15) is 5.11 Å². The number of hydrogen-bond acceptors (Lipinski definition) is 5. The fraction of sp³-hybridized carbons (Fsp3) is 0.571. The highest BCUT2D eigenvalue weighted by molar-refractivity contribution is 5.62. The third-order valence-electron chi connectivity index (χ3n) is 3.62. The third-order valence-corrected chi connectivity index (χ3v) is 3.62. The number of nitrogens with one attached hydrogen (secondary N) is 1. The van der Waals surface area contributed by atoms with Crippen LogP contribution in [0.4, 0.5) is 5.69 Å². The van der Waals surface area contributed by atoms with Gasteiger partial charge in [0, 0.05) is 29.8 Å². The second kappa shape index (κ2) is 5.57. The molecule has 1 aliphatic carbocycles. The Hall–Kier alpha value is -1.62. The SMILES string of the molecule is COc1cc(NCC2(CO)CC2)cc(OC)c1OC. The molecule has 1 aromatic rings. The van der Waals surface area contributed by atoms with Gasteiger partial charge in [-0.2, -0.15) is 0 Å². The van der Waals surface area contributed by atoms with Gasteiger partial charge in [-0.25, -0.2) is 0 Å². The summed E-state index contributed by atoms with van der Waals surface area (Å²) in [7, 11) is 4.77. The van der Waals surface area contributed by atoms with E-state index in [4.69, 9.17) is 14.2 Å². The van der Waals surface area contributed by atoms with E-state index in [0.29, 0.717) is 17.2 Å². The van der Waals surface area contributed by atoms with Crippen molar-refractivity contribution in [2.45, 2.75) is 12.8 Å². The van der Waals surface area contributed by atoms with Crippen molar-refractivity contribution >= 4 is 5.69 Å². The number of anilines is 1. The van der Waals surface area contributed by atoms with Gasteiger partial charge in [0.05, 0.1) is 27.9 Å². The minimum Gasteiger partial charge on any atom is -0.493 e. The quantitative estimate of drug-likeness (QED) is 0.790. The Bertz CT molecular complexity index is 418. The average Bonchev–Trinajstić information content (AvgIpc) is 3.24. The van der Waals surface area contributed by atoms with Crippen LogP contribution in [0.2, 0.25) is 0 Å². The molecule has 0 aromatic heterocycles. The summed E-state index contributed by atoms with van der Waals surface area (Å²) in [6.45, 7) is 0.979. The van der Waals surface area contributed by atoms with Crippen LogP contribution in [-0.4, -0.2) is 39.6 Å². The van der Waals surface area contributed by atoms with Crippen LogP contribution in [0.25, 0.3) is 0 Å². The van der Waals surface area contributed by atoms with Crippen LogP contribution in [0.5, 0.6) is 17.2 Å². The minimum absolute atomic E-state index is 0.0560. The summed E-state index contributed by atoms with van der Waals surface area (Å²) in [6, 6.07) is 3.74. The standard InChI is InChI=1S/C14H21NO4/c1-17-11-6-10(7-12(18-2)13(11)19-3)15-8-14(9-16)4-5-14/h6-7,15-16H,4-5,8-9H2,1-3H3. The van der Waals surface area contributed by atoms with Crippen molar-refractivity contribution in [2.75, 3.05) is 39.8 Å². The van der Waals surface area contributed by atoms with Crippen LogP contribution < -0.4 is 19.5 Å². The molecule has 5 heteroatoms. The van der Waals surface area contributed by atoms with Crippen LogP contribution in [0.3, 0.4) is 0 Å². The van der Waals surface area contributed by atoms with Gasteiger partial charge < -0.3 is 24.6 Å². The molecule has 2 rings (SSSR count). The van der Waals surface area contributed by atoms with E-state index in [1.165, 1.54) is 0 Å². The maximum Gasteiger partial charge on any atom is 0.203 e. The van der Waals surface area contributed by atoms with Gasteiger partial charge in [0.1, 0.15) is 0 Å². The molecule has 0 saturated heterocycles. The summed E-state index contributed by atoms with van der Waals surface area (Å²) in [5.74, 6) is 1.83. The highest BCUT2D eigenvalue weighted by Gasteiger charge is 2.41. The van der Waals surface area contributed by atoms with Gasteiger partial charge in [-0.05, 0) is 12.8 Å². The van der Waals surface area contributed by atoms with Gasteiger partial charge in [-0.15, -0.1) is 0 Å². The van der Waals surface area contributed by atoms with Gasteiger partial charge in [0.15, 0.2) is 11.5 Å². The third kappa shape index (κ3) is 2.87. The van der Waals surface area contributed by atoms with Gasteiger partial charge in [-0.1, -0.05) is 0 Å². The Morgan fingerprint density at radius 1 is 1.11 bits per heavy atom. The molecule has 19 heavy (non-hydrogen) atoms. The van der Waals surface area contributed by atoms with E-state index >= 15 is 0 Å². The first-order valence-corrected chi connectivity index (χ1v) is 6.33. The minimum atomic E-state index is 0.0560. The maximum absolute atomic E-state index is 9.31. The molecule has 0 spiro atoms. The van der Waals surface area contributed by atoms with Crippen molar-refractivity contribution in [2.24, 2.45) is 5.41 Å². The summed E-state index contributed by atoms with van der Waals surface area (Å²) in [6.07, 6.45) is 2.14. The number of aliphatic hydroxyl groups is 1. The lowest BCUT2D eigenvalue weighted by Gasteiger charge is -2.17. The lowest BCUT2D eigenvalue weighted by Crippen LogP contribution is -2.19. The number of aliphatic hydroxyl groups excluding tert-OH is 1. The number of hydrogen-bond donors (Lipinski definition) is 2. The lowest BCUT2D eigenvalue weighted by molar-refractivity contribution is 0.220. The van der Waals surface area contributed by atoms with Crippen molar-refractivity contribution in [1.29, 1.82) is 0 Å². The van der Waals surface area contributed by atoms with E-state index in [2.05, 4.69) is 5.32 Å². The summed E-state index contributed by atoms with van der Waals surface area (Å²) < 4.78 is 15.9. The molecule has 0 aliphatic heterocycles. The first-order valence-electron chi connectivity index (χ1n) is 6.33. The molecule has 1 aromatic carbocycles. The second-order valence-electron chi connectivity index (χ2n) is 4.93. The smallest absolute Gasteiger partial charge is 0.203 e. The molecule has 0 heterocycles. The number of rotatable bonds is 7. The molecule has 1 aliphatic rings. The largest absolute Gasteiger partial charge is 0.493 e. The van der Waals surface area contributed by atoms with E-state index in [-0.39, 0.29) is 12.0 Å². The highest BCUT2D eigenvalue weighted by Crippen LogP contribution is 2.46. The van der Waals surface area contributed by atoms with Crippen LogP contribution in [-0.2, 0) is 0 Å². The Kier molecular flexibility index (Phi) is 4.04. The fourth-order valence-corrected chi connectivity index (χ4v) is 2.04. The van der Waals surface area contributed by atoms with Gasteiger partial charge in [0.2, 0.25) is 5.75 Å². The summed E-state index contributed by atoms with van der Waals surface area (Å²) in [5.41, 5.74) is 0.953. The van der Waals surface area contributed by atoms with Crippen molar-refractivity contribution in [1.82, 2.24) is 0 Å². The van der Waals surface area contributed by atoms with Crippen molar-refractivity contribution < 1.29 is 19.3 Å². The van der Waals surface area contributed by atoms with E-state index in [1.807, 2.05) is 12.1 Å². The van der Waals surface area contributed by atoms with Crippen LogP contribution in [0, 0.1) is 5.41 Å². The molecule has 0 radical (unpaired) electrons. The van der Waals surface area contributed by atoms with Crippen molar-refractivity contribution in [3.8, 4) is 17.2 Å². The first-order chi connectivity index (χ1) is 9.18. The number of methoxy groups -OCH3 is 3. The molecule has 1 saturated carbocycles. The van der Waals surface area contributed by atoms with E-state index in [0.717, 1.165) is 25.1 Å². The van der Waals surface area contributed by atoms with Crippen LogP contribution in [0.15, 0.2) is 12.1 Å². The molecule has 5 nitrogen and oxygen atoms in total. The zero-order valence-electron chi connectivity index (χ0n) is 11.7. The van der Waals surface area contributed by atoms with Crippen LogP contribution in [0.1, 0.15) is 12.8 Å². The van der Waals surface area contributed by atoms with Crippen LogP contribution >= 0.6 is 0 Å². The van der Waals surface area contributed by atoms with Crippen molar-refractivity contribution in [3.05, 3.63) is 12.1 Å². The highest BCUT2D eigenvalue weighted by atomic mass is 16.5. The fourth-order valence-electron chi connectivity index (χ4n) is 2.04. The zero-order valence-corrected chi connectivity index (χ0v) is 11.7. The van der Waals surface area contributed by atoms with E-state index < -0.39 is 0 Å². The Balaban J connectivity index is 2.16. The number of ether oxygens (including phenoxy) is 3. The molecule has 106 valence electrons. The summed E-state index contributed by atoms with van der Waals surface area (Å²) >= 11 is 0. The molecule has 1 fully saturated rings.